The third kappa shape index (κ3) is 65.9. The molecule has 1 aliphatic heterocycles. The van der Waals surface area contributed by atoms with Gasteiger partial charge in [0, 0.05) is 46.2 Å². The summed E-state index contributed by atoms with van der Waals surface area (Å²) in [6, 6.07) is -1.23. The van der Waals surface area contributed by atoms with Crippen molar-refractivity contribution in [2.75, 3.05) is 40.8 Å². The van der Waals surface area contributed by atoms with E-state index in [2.05, 4.69) is 26.8 Å². The summed E-state index contributed by atoms with van der Waals surface area (Å²) in [5.41, 5.74) is 43.8. The van der Waals surface area contributed by atoms with Crippen molar-refractivity contribution in [2.45, 2.75) is 222 Å². The highest BCUT2D eigenvalue weighted by atomic mass is 16.6. The number of guanidine groups is 3. The van der Waals surface area contributed by atoms with Crippen LogP contribution in [0, 0.1) is 11.3 Å². The fourth-order valence-corrected chi connectivity index (χ4v) is 4.63. The standard InChI is InChI=1S/C10H22O3.C6H16N4.C6H16N2.C6H13NO5.C5H13N5.C5H9NO4.C4H9NO2.5CH4/c1-4-6-8(11)10(13)9(12)7(3)5-2;1-5(7)3-2-4-10-6(8)9;1-6(8)4-2-3-5-7;7-3-5(10)4(9)2(1-8)12-6(3)11;1-8-4(6)9-5(7)10(2)3;6-3(5(9)10)1-2-4(7)8;1-3(5)2-4(6)7;;;;;/h7-13H,4-6H2,1-3H3;5H,2-4,7H2,1H3,(H4,8,9,10);6H,2-5,7-8H2,1H3;2-6,8-11H,1,7H2;1-3H3,(H4,6,7,8,9);3H,1-2,6H2,(H,7,8)(H,9,10);3H,2,5H2,1H3,(H,6,7);5*1H4/p+2/t7-,8+,9-,10-;;;;;;;;;;;/m1.........../s1. The van der Waals surface area contributed by atoms with Gasteiger partial charge in [-0.05, 0) is 65.3 Å². The van der Waals surface area contributed by atoms with Crippen LogP contribution in [0.5, 0.6) is 0 Å². The molecule has 0 saturated carbocycles. The summed E-state index contributed by atoms with van der Waals surface area (Å²) in [5.74, 6) is -2.16. The van der Waals surface area contributed by atoms with Crippen molar-refractivity contribution in [3.05, 3.63) is 0 Å². The second-order valence-electron chi connectivity index (χ2n) is 16.9. The molecular weight excluding hydrogens is 985 g/mol. The van der Waals surface area contributed by atoms with Crippen LogP contribution in [0.3, 0.4) is 0 Å². The van der Waals surface area contributed by atoms with Crippen molar-refractivity contribution in [2.24, 2.45) is 56.0 Å². The number of quaternary nitrogens is 2. The minimum atomic E-state index is -1.35. The van der Waals surface area contributed by atoms with Crippen molar-refractivity contribution >= 4 is 35.8 Å². The summed E-state index contributed by atoms with van der Waals surface area (Å²) >= 11 is 0. The number of nitrogens with zero attached hydrogens (tertiary/aromatic N) is 3. The second kappa shape index (κ2) is 60.7. The van der Waals surface area contributed by atoms with Crippen LogP contribution in [0.15, 0.2) is 9.98 Å². The number of aliphatic hydroxyl groups excluding tert-OH is 7. The zero-order valence-corrected chi connectivity index (χ0v) is 43.3. The maximum Gasteiger partial charge on any atom is 0.362 e. The van der Waals surface area contributed by atoms with Crippen molar-refractivity contribution in [1.29, 1.82) is 5.41 Å². The van der Waals surface area contributed by atoms with E-state index in [1.54, 1.807) is 33.0 Å². The Morgan fingerprint density at radius 2 is 1.27 bits per heavy atom. The molecule has 0 aromatic heterocycles. The number of hydrogen-bond donors (Lipinski definition) is 21. The topological polar surface area (TPSA) is 564 Å². The monoisotopic (exact) mass is 1100 g/mol. The van der Waals surface area contributed by atoms with Gasteiger partial charge in [0.25, 0.3) is 0 Å². The smallest absolute Gasteiger partial charge is 0.362 e. The fourth-order valence-electron chi connectivity index (χ4n) is 4.63. The zero-order chi connectivity index (χ0) is 56.3. The quantitative estimate of drug-likeness (QED) is 0.0317. The maximum absolute atomic E-state index is 10.1. The minimum Gasteiger partial charge on any atom is -0.481 e. The van der Waals surface area contributed by atoms with E-state index in [1.165, 1.54) is 6.42 Å². The molecule has 0 spiro atoms. The van der Waals surface area contributed by atoms with Crippen LogP contribution in [0.1, 0.15) is 149 Å². The van der Waals surface area contributed by atoms with E-state index in [1.807, 2.05) is 34.6 Å². The van der Waals surface area contributed by atoms with E-state index in [4.69, 9.17) is 75.8 Å². The molecule has 460 valence electrons. The van der Waals surface area contributed by atoms with Crippen LogP contribution < -0.4 is 56.9 Å². The number of unbranched alkanes of at least 4 members (excludes halogenated alkanes) is 1. The van der Waals surface area contributed by atoms with Crippen LogP contribution in [-0.2, 0) is 19.1 Å². The first-order valence-electron chi connectivity index (χ1n) is 23.2. The molecule has 28 nitrogen and oxygen atoms in total. The Kier molecular flexibility index (Phi) is 78.1. The Morgan fingerprint density at radius 3 is 1.59 bits per heavy atom. The van der Waals surface area contributed by atoms with Crippen LogP contribution in [0.2, 0.25) is 0 Å². The Hall–Kier alpha value is -4.14. The zero-order valence-electron chi connectivity index (χ0n) is 43.3. The average molecular weight is 1110 g/mol. The molecule has 0 aromatic carbocycles. The largest absolute Gasteiger partial charge is 0.481 e. The lowest BCUT2D eigenvalue weighted by molar-refractivity contribution is -0.413. The highest BCUT2D eigenvalue weighted by Crippen LogP contribution is 2.18. The number of nitrogens with two attached hydrogens (primary N) is 7. The van der Waals surface area contributed by atoms with E-state index < -0.39 is 79.5 Å². The molecule has 0 amide bonds. The van der Waals surface area contributed by atoms with Gasteiger partial charge in [-0.2, -0.15) is 0 Å². The van der Waals surface area contributed by atoms with Gasteiger partial charge in [0.2, 0.25) is 0 Å². The SMILES string of the molecule is C.C.C.C.C.CC(N)CCCCN.CC(N)CCCN=C(N)N.CC([NH3+])CC(=O)O.CCC[C@H](O)[C@@H](O)[C@H](O)[C@H](C)CC.CN=C(N)NC(=N)N(C)C.NC1C(O)OC(CO)C(O)C1O.[NH3+]C(CCC(=O)O)C(=O)O. The van der Waals surface area contributed by atoms with Crippen molar-refractivity contribution in [3.8, 4) is 0 Å². The molecule has 0 radical (unpaired) electrons. The summed E-state index contributed by atoms with van der Waals surface area (Å²) in [6.45, 7) is 12.5. The van der Waals surface area contributed by atoms with Gasteiger partial charge in [-0.25, -0.2) is 4.79 Å². The highest BCUT2D eigenvalue weighted by Gasteiger charge is 2.41. The first kappa shape index (κ1) is 96.5. The molecule has 0 aliphatic carbocycles. The number of carbonyl (C=O) groups is 3. The van der Waals surface area contributed by atoms with Crippen LogP contribution in [-0.4, -0.2) is 206 Å². The molecule has 13 atom stereocenters. The van der Waals surface area contributed by atoms with Gasteiger partial charge < -0.3 is 112 Å². The lowest BCUT2D eigenvalue weighted by Gasteiger charge is -2.38. The molecular formula is C47H120N14O14+2. The molecule has 1 fully saturated rings. The molecule has 1 rings (SSSR count). The number of carboxylic acid groups (broad SMARTS) is 3. The van der Waals surface area contributed by atoms with E-state index >= 15 is 0 Å². The Morgan fingerprint density at radius 1 is 0.787 bits per heavy atom. The fraction of sp³-hybridized carbons (Fsp3) is 0.872. The molecule has 1 aliphatic rings. The van der Waals surface area contributed by atoms with Crippen molar-refractivity contribution < 1.29 is 81.7 Å². The Bertz CT molecular complexity index is 1350. The van der Waals surface area contributed by atoms with Gasteiger partial charge in [0.15, 0.2) is 30.2 Å². The predicted octanol–water partition coefficient (Wildman–Crippen LogP) is -2.65. The number of hydrogen-bond acceptors (Lipinski definition) is 18. The van der Waals surface area contributed by atoms with E-state index in [0.717, 1.165) is 45.1 Å². The van der Waals surface area contributed by atoms with Gasteiger partial charge in [-0.1, -0.05) is 77.2 Å². The van der Waals surface area contributed by atoms with Crippen molar-refractivity contribution in [3.63, 3.8) is 0 Å². The van der Waals surface area contributed by atoms with E-state index in [0.29, 0.717) is 19.0 Å². The number of aliphatic carboxylic acids is 3. The summed E-state index contributed by atoms with van der Waals surface area (Å²) in [6.07, 6.45) is 0.117. The van der Waals surface area contributed by atoms with Gasteiger partial charge >= 0.3 is 17.9 Å². The number of aliphatic imine (C=N–C) groups is 2. The van der Waals surface area contributed by atoms with Gasteiger partial charge in [0.1, 0.15) is 24.4 Å². The molecule has 75 heavy (non-hydrogen) atoms. The molecule has 1 saturated heterocycles. The van der Waals surface area contributed by atoms with Gasteiger partial charge in [0.05, 0.1) is 43.7 Å². The van der Waals surface area contributed by atoms with Crippen molar-refractivity contribution in [1.82, 2.24) is 10.2 Å². The van der Waals surface area contributed by atoms with E-state index in [-0.39, 0.29) is 92.3 Å². The third-order valence-corrected chi connectivity index (χ3v) is 9.24. The molecule has 32 N–H and O–H groups in total. The normalized spacial score (nSPS) is 19.0. The summed E-state index contributed by atoms with van der Waals surface area (Å²) in [4.78, 5) is 38.8. The van der Waals surface area contributed by atoms with Gasteiger partial charge in [-0.15, -0.1) is 0 Å². The average Bonchev–Trinajstić information content (AvgIpc) is 3.27. The number of ether oxygens (including phenoxy) is 1. The van der Waals surface area contributed by atoms with Crippen LogP contribution >= 0.6 is 0 Å². The third-order valence-electron chi connectivity index (χ3n) is 9.24. The first-order valence-corrected chi connectivity index (χ1v) is 23.2. The molecule has 28 heteroatoms. The molecule has 0 bridgehead atoms. The summed E-state index contributed by atoms with van der Waals surface area (Å²) in [7, 11) is 5.06. The predicted molar refractivity (Wildman–Crippen MR) is 302 cm³/mol. The lowest BCUT2D eigenvalue weighted by atomic mass is 9.93. The lowest BCUT2D eigenvalue weighted by Crippen LogP contribution is -2.64. The summed E-state index contributed by atoms with van der Waals surface area (Å²) in [5, 5.41) is 98.8. The van der Waals surface area contributed by atoms with Crippen LogP contribution in [0.25, 0.3) is 0 Å². The summed E-state index contributed by atoms with van der Waals surface area (Å²) < 4.78 is 4.70. The number of rotatable bonds is 21. The Labute approximate surface area is 451 Å². The number of carboxylic acids is 3. The van der Waals surface area contributed by atoms with Crippen LogP contribution in [0.4, 0.5) is 0 Å². The molecule has 0 aromatic rings. The molecule has 9 unspecified atom stereocenters. The maximum atomic E-state index is 10.1. The van der Waals surface area contributed by atoms with Gasteiger partial charge in [-0.3, -0.25) is 30.3 Å². The molecule has 1 heterocycles. The Balaban J connectivity index is -0.0000000706. The second-order valence-corrected chi connectivity index (χ2v) is 16.9. The minimum absolute atomic E-state index is 0. The highest BCUT2D eigenvalue weighted by molar-refractivity contribution is 5.96. The first-order chi connectivity index (χ1) is 32.2. The number of nitrogens with one attached hydrogen (secondary N) is 2. The number of aliphatic hydroxyl groups is 7. The van der Waals surface area contributed by atoms with E-state index in [9.17, 15) is 39.9 Å².